The molecule has 23 heavy (non-hydrogen) atoms. The first-order valence-corrected chi connectivity index (χ1v) is 8.08. The van der Waals surface area contributed by atoms with Gasteiger partial charge in [0.2, 0.25) is 0 Å². The number of rotatable bonds is 7. The zero-order valence-electron chi connectivity index (χ0n) is 13.9. The predicted octanol–water partition coefficient (Wildman–Crippen LogP) is 1.99. The summed E-state index contributed by atoms with van der Waals surface area (Å²) in [5.41, 5.74) is 1.66. The zero-order chi connectivity index (χ0) is 16.5. The van der Waals surface area contributed by atoms with Crippen LogP contribution in [0.2, 0.25) is 0 Å². The third-order valence-electron chi connectivity index (χ3n) is 3.77. The summed E-state index contributed by atoms with van der Waals surface area (Å²) in [6.45, 7) is 5.15. The highest BCUT2D eigenvalue weighted by Gasteiger charge is 2.14. The molecule has 128 valence electrons. The van der Waals surface area contributed by atoms with Gasteiger partial charge in [-0.25, -0.2) is 4.39 Å². The largest absolute Gasteiger partial charge is 0.377 e. The van der Waals surface area contributed by atoms with Crippen LogP contribution in [0.3, 0.4) is 0 Å². The average molecular weight is 323 g/mol. The lowest BCUT2D eigenvalue weighted by Gasteiger charge is -2.13. The summed E-state index contributed by atoms with van der Waals surface area (Å²) < 4.78 is 24.3. The fraction of sp³-hybridized carbons (Fsp3) is 0.588. The minimum absolute atomic E-state index is 0.181. The molecule has 0 aromatic heterocycles. The number of aryl methyl sites for hydroxylation is 1. The lowest BCUT2D eigenvalue weighted by Crippen LogP contribution is -2.38. The van der Waals surface area contributed by atoms with Crippen molar-refractivity contribution in [3.8, 4) is 0 Å². The smallest absolute Gasteiger partial charge is 0.191 e. The lowest BCUT2D eigenvalue weighted by atomic mass is 10.1. The number of benzene rings is 1. The van der Waals surface area contributed by atoms with Crippen molar-refractivity contribution in [2.45, 2.75) is 32.4 Å². The second-order valence-corrected chi connectivity index (χ2v) is 5.65. The Labute approximate surface area is 137 Å². The van der Waals surface area contributed by atoms with Crippen molar-refractivity contribution in [1.29, 1.82) is 0 Å². The first kappa shape index (κ1) is 17.7. The molecule has 0 radical (unpaired) electrons. The van der Waals surface area contributed by atoms with Gasteiger partial charge in [-0.15, -0.1) is 0 Å². The first-order chi connectivity index (χ1) is 11.2. The topological polar surface area (TPSA) is 54.9 Å². The van der Waals surface area contributed by atoms with Crippen LogP contribution in [-0.2, 0) is 16.0 Å². The molecule has 2 rings (SSSR count). The normalized spacial score (nSPS) is 18.2. The highest BCUT2D eigenvalue weighted by molar-refractivity contribution is 5.79. The molecule has 0 spiro atoms. The third-order valence-corrected chi connectivity index (χ3v) is 3.77. The quantitative estimate of drug-likeness (QED) is 0.458. The highest BCUT2D eigenvalue weighted by Crippen LogP contribution is 2.11. The summed E-state index contributed by atoms with van der Waals surface area (Å²) in [6.07, 6.45) is 2.48. The molecule has 1 aromatic carbocycles. The number of halogens is 1. The van der Waals surface area contributed by atoms with Crippen molar-refractivity contribution in [1.82, 2.24) is 10.6 Å². The Hall–Kier alpha value is -1.66. The molecule has 1 unspecified atom stereocenters. The number of nitrogens with zero attached hydrogens (tertiary/aromatic N) is 1. The maximum atomic E-state index is 13.2. The van der Waals surface area contributed by atoms with E-state index in [1.807, 2.05) is 6.07 Å². The summed E-state index contributed by atoms with van der Waals surface area (Å²) in [4.78, 5) is 4.16. The average Bonchev–Trinajstić information content (AvgIpc) is 3.06. The molecule has 1 atom stereocenters. The van der Waals surface area contributed by atoms with Gasteiger partial charge in [0.1, 0.15) is 5.82 Å². The van der Waals surface area contributed by atoms with Crippen LogP contribution in [-0.4, -0.2) is 45.5 Å². The van der Waals surface area contributed by atoms with Gasteiger partial charge in [-0.2, -0.15) is 0 Å². The number of hydrogen-bond donors (Lipinski definition) is 2. The molecule has 1 aliphatic rings. The van der Waals surface area contributed by atoms with Crippen molar-refractivity contribution >= 4 is 5.96 Å². The summed E-state index contributed by atoms with van der Waals surface area (Å²) in [7, 11) is 1.72. The molecule has 0 saturated carbocycles. The van der Waals surface area contributed by atoms with Crippen LogP contribution >= 0.6 is 0 Å². The van der Waals surface area contributed by atoms with E-state index in [1.54, 1.807) is 20.0 Å². The van der Waals surface area contributed by atoms with E-state index in [0.29, 0.717) is 37.8 Å². The maximum absolute atomic E-state index is 13.2. The van der Waals surface area contributed by atoms with E-state index in [-0.39, 0.29) is 11.9 Å². The van der Waals surface area contributed by atoms with Crippen molar-refractivity contribution in [3.63, 3.8) is 0 Å². The predicted molar refractivity (Wildman–Crippen MR) is 89.1 cm³/mol. The Morgan fingerprint density at radius 1 is 1.43 bits per heavy atom. The van der Waals surface area contributed by atoms with Crippen molar-refractivity contribution < 1.29 is 13.9 Å². The van der Waals surface area contributed by atoms with Gasteiger partial charge in [-0.05, 0) is 37.0 Å². The summed E-state index contributed by atoms with van der Waals surface area (Å²) in [6, 6.07) is 5.09. The van der Waals surface area contributed by atoms with E-state index in [1.165, 1.54) is 6.07 Å². The van der Waals surface area contributed by atoms with Gasteiger partial charge in [-0.3, -0.25) is 4.99 Å². The van der Waals surface area contributed by atoms with Crippen molar-refractivity contribution in [3.05, 3.63) is 35.1 Å². The fourth-order valence-electron chi connectivity index (χ4n) is 2.46. The lowest BCUT2D eigenvalue weighted by molar-refractivity contribution is 0.0191. The SMILES string of the molecule is CN=C(NCCOCC1CCCO1)NCc1ccc(F)c(C)c1. The van der Waals surface area contributed by atoms with Crippen LogP contribution in [0.25, 0.3) is 0 Å². The van der Waals surface area contributed by atoms with E-state index in [9.17, 15) is 4.39 Å². The number of hydrogen-bond acceptors (Lipinski definition) is 3. The molecular weight excluding hydrogens is 297 g/mol. The Kier molecular flexibility index (Phi) is 7.29. The Morgan fingerprint density at radius 2 is 2.30 bits per heavy atom. The summed E-state index contributed by atoms with van der Waals surface area (Å²) in [5, 5.41) is 6.39. The summed E-state index contributed by atoms with van der Waals surface area (Å²) in [5.74, 6) is 0.521. The van der Waals surface area contributed by atoms with E-state index in [2.05, 4.69) is 15.6 Å². The highest BCUT2D eigenvalue weighted by atomic mass is 19.1. The van der Waals surface area contributed by atoms with Gasteiger partial charge in [0.25, 0.3) is 0 Å². The molecule has 0 bridgehead atoms. The standard InChI is InChI=1S/C17H26FN3O2/c1-13-10-14(5-6-16(13)18)11-21-17(19-2)20-7-9-22-12-15-4-3-8-23-15/h5-6,10,15H,3-4,7-9,11-12H2,1-2H3,(H2,19,20,21). The van der Waals surface area contributed by atoms with Crippen LogP contribution in [0.1, 0.15) is 24.0 Å². The van der Waals surface area contributed by atoms with Crippen LogP contribution in [0, 0.1) is 12.7 Å². The molecule has 0 aliphatic carbocycles. The molecule has 2 N–H and O–H groups in total. The van der Waals surface area contributed by atoms with Crippen LogP contribution < -0.4 is 10.6 Å². The van der Waals surface area contributed by atoms with E-state index in [4.69, 9.17) is 9.47 Å². The molecule has 5 nitrogen and oxygen atoms in total. The third kappa shape index (κ3) is 6.15. The van der Waals surface area contributed by atoms with Crippen molar-refractivity contribution in [2.24, 2.45) is 4.99 Å². The van der Waals surface area contributed by atoms with Crippen LogP contribution in [0.5, 0.6) is 0 Å². The van der Waals surface area contributed by atoms with Crippen LogP contribution in [0.4, 0.5) is 4.39 Å². The Bertz CT molecular complexity index is 517. The second kappa shape index (κ2) is 9.47. The molecule has 6 heteroatoms. The number of guanidine groups is 1. The first-order valence-electron chi connectivity index (χ1n) is 8.08. The van der Waals surface area contributed by atoms with Gasteiger partial charge in [-0.1, -0.05) is 12.1 Å². The molecule has 1 saturated heterocycles. The van der Waals surface area contributed by atoms with Crippen molar-refractivity contribution in [2.75, 3.05) is 33.4 Å². The van der Waals surface area contributed by atoms with E-state index in [0.717, 1.165) is 25.0 Å². The van der Waals surface area contributed by atoms with E-state index >= 15 is 0 Å². The number of nitrogens with one attached hydrogen (secondary N) is 2. The summed E-state index contributed by atoms with van der Waals surface area (Å²) >= 11 is 0. The monoisotopic (exact) mass is 323 g/mol. The molecular formula is C17H26FN3O2. The van der Waals surface area contributed by atoms with Gasteiger partial charge in [0.15, 0.2) is 5.96 Å². The molecule has 1 fully saturated rings. The van der Waals surface area contributed by atoms with Gasteiger partial charge in [0.05, 0.1) is 19.3 Å². The maximum Gasteiger partial charge on any atom is 0.191 e. The molecule has 1 aliphatic heterocycles. The molecule has 0 amide bonds. The van der Waals surface area contributed by atoms with Gasteiger partial charge in [0, 0.05) is 26.7 Å². The zero-order valence-corrected chi connectivity index (χ0v) is 13.9. The second-order valence-electron chi connectivity index (χ2n) is 5.65. The minimum Gasteiger partial charge on any atom is -0.377 e. The number of ether oxygens (including phenoxy) is 2. The number of aliphatic imine (C=N–C) groups is 1. The van der Waals surface area contributed by atoms with Crippen LogP contribution in [0.15, 0.2) is 23.2 Å². The molecule has 1 aromatic rings. The van der Waals surface area contributed by atoms with E-state index < -0.39 is 0 Å². The van der Waals surface area contributed by atoms with Gasteiger partial charge < -0.3 is 20.1 Å². The Balaban J connectivity index is 1.61. The molecule has 1 heterocycles. The Morgan fingerprint density at radius 3 is 3.00 bits per heavy atom. The van der Waals surface area contributed by atoms with Gasteiger partial charge >= 0.3 is 0 Å². The minimum atomic E-state index is -0.181. The fourth-order valence-corrected chi connectivity index (χ4v) is 2.46.